The number of rotatable bonds is 2. The van der Waals surface area contributed by atoms with Gasteiger partial charge in [0, 0.05) is 24.9 Å². The predicted octanol–water partition coefficient (Wildman–Crippen LogP) is 2.33. The average molecular weight is 403 g/mol. The molecule has 1 aliphatic carbocycles. The summed E-state index contributed by atoms with van der Waals surface area (Å²) in [5.41, 5.74) is 1.75. The molecular formula is C21H25NO7. The molecule has 5 rings (SSSR count). The molecule has 3 heterocycles. The standard InChI is InChI=1S/C21H25NO7/c1-22-9-6-12-10-13-17(27-11-26-13)18(25-2)14(12)16(22)15-19(23)28-21(29-20(15)24)7-4-3-5-8-21/h10,15-16H,3-9,11H2,1-2H3. The van der Waals surface area contributed by atoms with Gasteiger partial charge in [-0.1, -0.05) is 6.42 Å². The van der Waals surface area contributed by atoms with Gasteiger partial charge in [-0.3, -0.25) is 14.5 Å². The van der Waals surface area contributed by atoms with Crippen molar-refractivity contribution in [3.05, 3.63) is 17.2 Å². The Labute approximate surface area is 169 Å². The van der Waals surface area contributed by atoms with Crippen molar-refractivity contribution in [3.63, 3.8) is 0 Å². The molecule has 0 amide bonds. The van der Waals surface area contributed by atoms with E-state index in [0.717, 1.165) is 36.8 Å². The first-order valence-electron chi connectivity index (χ1n) is 10.2. The van der Waals surface area contributed by atoms with E-state index in [2.05, 4.69) is 0 Å². The van der Waals surface area contributed by atoms with E-state index in [0.29, 0.717) is 36.6 Å². The number of hydrogen-bond acceptors (Lipinski definition) is 8. The van der Waals surface area contributed by atoms with Crippen LogP contribution in [0.5, 0.6) is 17.2 Å². The molecular weight excluding hydrogens is 378 g/mol. The van der Waals surface area contributed by atoms with Crippen molar-refractivity contribution in [1.29, 1.82) is 0 Å². The molecule has 29 heavy (non-hydrogen) atoms. The van der Waals surface area contributed by atoms with Gasteiger partial charge in [0.2, 0.25) is 12.5 Å². The van der Waals surface area contributed by atoms with E-state index in [4.69, 9.17) is 23.7 Å². The fourth-order valence-corrected chi connectivity index (χ4v) is 5.05. The molecule has 2 fully saturated rings. The number of esters is 2. The van der Waals surface area contributed by atoms with Crippen LogP contribution in [0.2, 0.25) is 0 Å². The smallest absolute Gasteiger partial charge is 0.325 e. The van der Waals surface area contributed by atoms with Gasteiger partial charge in [0.25, 0.3) is 5.79 Å². The van der Waals surface area contributed by atoms with Crippen LogP contribution in [0.4, 0.5) is 0 Å². The van der Waals surface area contributed by atoms with Gasteiger partial charge in [-0.15, -0.1) is 0 Å². The molecule has 8 nitrogen and oxygen atoms in total. The molecule has 0 radical (unpaired) electrons. The minimum absolute atomic E-state index is 0.116. The lowest BCUT2D eigenvalue weighted by molar-refractivity contribution is -0.263. The SMILES string of the molecule is COc1c2c(cc3c1C(C1C(=O)OC4(CCCCC4)OC1=O)N(C)CC3)OCO2. The van der Waals surface area contributed by atoms with E-state index >= 15 is 0 Å². The lowest BCUT2D eigenvalue weighted by Crippen LogP contribution is -2.54. The van der Waals surface area contributed by atoms with Crippen LogP contribution in [-0.4, -0.2) is 50.1 Å². The summed E-state index contributed by atoms with van der Waals surface area (Å²) in [7, 11) is 3.45. The number of likely N-dealkylation sites (N-methyl/N-ethyl adjacent to an activating group) is 1. The molecule has 1 atom stereocenters. The Morgan fingerprint density at radius 1 is 1.10 bits per heavy atom. The fourth-order valence-electron chi connectivity index (χ4n) is 5.05. The molecule has 1 aromatic carbocycles. The summed E-state index contributed by atoms with van der Waals surface area (Å²) >= 11 is 0. The number of ether oxygens (including phenoxy) is 5. The Kier molecular flexibility index (Phi) is 4.34. The topological polar surface area (TPSA) is 83.5 Å². The van der Waals surface area contributed by atoms with E-state index in [9.17, 15) is 9.59 Å². The number of nitrogens with zero attached hydrogens (tertiary/aromatic N) is 1. The maximum absolute atomic E-state index is 13.1. The minimum Gasteiger partial charge on any atom is -0.492 e. The molecule has 0 bridgehead atoms. The lowest BCUT2D eigenvalue weighted by Gasteiger charge is -2.45. The molecule has 0 N–H and O–H groups in total. The van der Waals surface area contributed by atoms with Crippen molar-refractivity contribution in [2.45, 2.75) is 50.4 Å². The summed E-state index contributed by atoms with van der Waals surface area (Å²) in [5.74, 6) is -1.56. The zero-order chi connectivity index (χ0) is 20.2. The Morgan fingerprint density at radius 2 is 1.83 bits per heavy atom. The molecule has 3 aliphatic heterocycles. The first-order chi connectivity index (χ1) is 14.0. The highest BCUT2D eigenvalue weighted by atomic mass is 16.7. The van der Waals surface area contributed by atoms with E-state index in [1.54, 1.807) is 7.11 Å². The van der Waals surface area contributed by atoms with Crippen LogP contribution in [0.15, 0.2) is 6.07 Å². The van der Waals surface area contributed by atoms with Gasteiger partial charge in [0.15, 0.2) is 17.4 Å². The van der Waals surface area contributed by atoms with E-state index in [1.165, 1.54) is 0 Å². The summed E-state index contributed by atoms with van der Waals surface area (Å²) in [6.45, 7) is 0.799. The monoisotopic (exact) mass is 403 g/mol. The number of benzene rings is 1. The van der Waals surface area contributed by atoms with Crippen molar-refractivity contribution in [3.8, 4) is 17.2 Å². The highest BCUT2D eigenvalue weighted by molar-refractivity contribution is 5.98. The molecule has 0 aromatic heterocycles. The van der Waals surface area contributed by atoms with Crippen LogP contribution in [-0.2, 0) is 25.5 Å². The number of carbonyl (C=O) groups excluding carboxylic acids is 2. The van der Waals surface area contributed by atoms with Crippen LogP contribution in [0, 0.1) is 5.92 Å². The van der Waals surface area contributed by atoms with Crippen LogP contribution in [0.3, 0.4) is 0 Å². The molecule has 1 spiro atoms. The zero-order valence-corrected chi connectivity index (χ0v) is 16.7. The number of carbonyl (C=O) groups is 2. The van der Waals surface area contributed by atoms with Crippen molar-refractivity contribution in [2.75, 3.05) is 27.5 Å². The second-order valence-corrected chi connectivity index (χ2v) is 8.18. The second-order valence-electron chi connectivity index (χ2n) is 8.18. The Bertz CT molecular complexity index is 841. The predicted molar refractivity (Wildman–Crippen MR) is 99.7 cm³/mol. The van der Waals surface area contributed by atoms with E-state index in [-0.39, 0.29) is 6.79 Å². The lowest BCUT2D eigenvalue weighted by atomic mass is 9.82. The third-order valence-electron chi connectivity index (χ3n) is 6.46. The van der Waals surface area contributed by atoms with Gasteiger partial charge in [0.05, 0.1) is 13.2 Å². The second kappa shape index (κ2) is 6.79. The first kappa shape index (κ1) is 18.5. The van der Waals surface area contributed by atoms with Crippen LogP contribution < -0.4 is 14.2 Å². The maximum Gasteiger partial charge on any atom is 0.325 e. The summed E-state index contributed by atoms with van der Waals surface area (Å²) in [4.78, 5) is 28.2. The third-order valence-corrected chi connectivity index (χ3v) is 6.46. The zero-order valence-electron chi connectivity index (χ0n) is 16.7. The van der Waals surface area contributed by atoms with Gasteiger partial charge in [-0.2, -0.15) is 0 Å². The van der Waals surface area contributed by atoms with E-state index < -0.39 is 29.7 Å². The van der Waals surface area contributed by atoms with Gasteiger partial charge in [0.1, 0.15) is 0 Å². The maximum atomic E-state index is 13.1. The normalized spacial score (nSPS) is 26.1. The molecule has 1 unspecified atom stereocenters. The van der Waals surface area contributed by atoms with Crippen LogP contribution in [0.1, 0.15) is 49.3 Å². The molecule has 1 saturated carbocycles. The van der Waals surface area contributed by atoms with Crippen LogP contribution >= 0.6 is 0 Å². The van der Waals surface area contributed by atoms with E-state index in [1.807, 2.05) is 18.0 Å². The quantitative estimate of drug-likeness (QED) is 0.550. The highest BCUT2D eigenvalue weighted by Crippen LogP contribution is 2.52. The first-order valence-corrected chi connectivity index (χ1v) is 10.2. The average Bonchev–Trinajstić information content (AvgIpc) is 3.16. The number of fused-ring (bicyclic) bond motifs is 2. The van der Waals surface area contributed by atoms with Gasteiger partial charge < -0.3 is 23.7 Å². The van der Waals surface area contributed by atoms with Gasteiger partial charge in [-0.25, -0.2) is 0 Å². The Balaban J connectivity index is 1.55. The summed E-state index contributed by atoms with van der Waals surface area (Å²) in [6, 6.07) is 1.37. The minimum atomic E-state index is -1.09. The largest absolute Gasteiger partial charge is 0.492 e. The Morgan fingerprint density at radius 3 is 2.52 bits per heavy atom. The summed E-state index contributed by atoms with van der Waals surface area (Å²) in [6.07, 6.45) is 4.70. The van der Waals surface area contributed by atoms with Gasteiger partial charge >= 0.3 is 11.9 Å². The Hall–Kier alpha value is -2.48. The number of methoxy groups -OCH3 is 1. The molecule has 1 saturated heterocycles. The van der Waals surface area contributed by atoms with Crippen molar-refractivity contribution >= 4 is 11.9 Å². The molecule has 1 aromatic rings. The summed E-state index contributed by atoms with van der Waals surface area (Å²) < 4.78 is 28.4. The highest BCUT2D eigenvalue weighted by Gasteiger charge is 2.54. The molecule has 4 aliphatic rings. The van der Waals surface area contributed by atoms with Gasteiger partial charge in [-0.05, 0) is 37.9 Å². The van der Waals surface area contributed by atoms with Crippen molar-refractivity contribution < 1.29 is 33.3 Å². The fraction of sp³-hybridized carbons (Fsp3) is 0.619. The summed E-state index contributed by atoms with van der Waals surface area (Å²) in [5, 5.41) is 0. The number of hydrogen-bond donors (Lipinski definition) is 0. The molecule has 156 valence electrons. The van der Waals surface area contributed by atoms with Crippen LogP contribution in [0.25, 0.3) is 0 Å². The van der Waals surface area contributed by atoms with Crippen molar-refractivity contribution in [2.24, 2.45) is 5.92 Å². The third kappa shape index (κ3) is 2.84. The molecule has 8 heteroatoms. The van der Waals surface area contributed by atoms with Crippen molar-refractivity contribution in [1.82, 2.24) is 4.90 Å².